The molecule has 11 heteroatoms. The first-order valence-corrected chi connectivity index (χ1v) is 1.70. The Labute approximate surface area is 100.0 Å². The molecule has 80 valence electrons. The van der Waals surface area contributed by atoms with Gasteiger partial charge in [0.2, 0.25) is 6.16 Å². The summed E-state index contributed by atoms with van der Waals surface area (Å²) < 4.78 is 0. The molecule has 0 bridgehead atoms. The van der Waals surface area contributed by atoms with Crippen LogP contribution in [-0.4, -0.2) is 34.2 Å². The molecule has 0 aromatic heterocycles. The maximum absolute atomic E-state index is 8.93. The number of rotatable bonds is 0. The minimum Gasteiger partial charge on any atom is -0.565 e. The molecule has 0 saturated heterocycles. The molecular weight excluding hydrogens is 243 g/mol. The summed E-state index contributed by atoms with van der Waals surface area (Å²) in [4.78, 5) is 26.3. The minimum atomic E-state index is -2.19. The molecule has 5 N–H and O–H groups in total. The van der Waals surface area contributed by atoms with E-state index in [1.807, 2.05) is 0 Å². The van der Waals surface area contributed by atoms with Gasteiger partial charge in [-0.3, -0.25) is 0 Å². The van der Waals surface area contributed by atoms with E-state index in [1.54, 1.807) is 0 Å². The molecule has 0 aliphatic rings. The van der Waals surface area contributed by atoms with Crippen LogP contribution in [0.2, 0.25) is 0 Å². The van der Waals surface area contributed by atoms with Crippen LogP contribution < -0.4 is 34.2 Å². The molecule has 0 atom stereocenters. The van der Waals surface area contributed by atoms with E-state index in [-0.39, 0.29) is 46.9 Å². The van der Waals surface area contributed by atoms with Gasteiger partial charge in [0.25, 0.3) is 0 Å². The monoisotopic (exact) mass is 248 g/mol. The van der Waals surface area contributed by atoms with Crippen molar-refractivity contribution in [2.24, 2.45) is 0 Å². The topological polar surface area (TPSA) is 204 Å². The fraction of sp³-hybridized carbons (Fsp3) is 0. The molecule has 0 aliphatic heterocycles. The van der Waals surface area contributed by atoms with Crippen molar-refractivity contribution in [2.45, 2.75) is 0 Å². The zero-order chi connectivity index (χ0) is 8.73. The predicted molar refractivity (Wildman–Crippen MR) is 25.3 cm³/mol. The van der Waals surface area contributed by atoms with Crippen LogP contribution in [0.4, 0.5) is 4.79 Å². The summed E-state index contributed by atoms with van der Waals surface area (Å²) in [7, 11) is 0. The Balaban J connectivity index is -0.0000000185. The second kappa shape index (κ2) is 22.8. The molecule has 0 spiro atoms. The van der Waals surface area contributed by atoms with E-state index < -0.39 is 18.1 Å². The first-order chi connectivity index (χ1) is 4.37. The van der Waals surface area contributed by atoms with E-state index in [0.717, 1.165) is 0 Å². The summed E-state index contributed by atoms with van der Waals surface area (Å²) in [5.74, 6) is -4.37. The SMILES string of the molecule is O.O.O=C([O-])C(=O)[O-].O=C([O-])O.[Fe+2].[Li+]. The molecule has 0 saturated carbocycles. The molecule has 0 aromatic rings. The van der Waals surface area contributed by atoms with Crippen molar-refractivity contribution >= 4 is 18.1 Å². The maximum atomic E-state index is 8.93. The van der Waals surface area contributed by atoms with Gasteiger partial charge in [-0.1, -0.05) is 0 Å². The number of carboxylic acids is 2. The Kier molecular flexibility index (Phi) is 61.6. The Morgan fingerprint density at radius 2 is 0.929 bits per heavy atom. The standard InChI is InChI=1S/C2H2O4.CH2O3.Fe.Li.2H2O/c3-1(4)2(5)6;2-1(3)4;;;;/h(H,3,4)(H,5,6);(H2,2,3,4);;;2*1H2/q;;+2;+1;;/p-3. The van der Waals surface area contributed by atoms with E-state index in [1.165, 1.54) is 0 Å². The molecule has 14 heavy (non-hydrogen) atoms. The van der Waals surface area contributed by atoms with E-state index in [0.29, 0.717) is 0 Å². The number of carbonyl (C=O) groups excluding carboxylic acids is 2. The second-order valence-corrected chi connectivity index (χ2v) is 0.841. The van der Waals surface area contributed by atoms with Crippen molar-refractivity contribution in [3.8, 4) is 0 Å². The zero-order valence-corrected chi connectivity index (χ0v) is 7.85. The van der Waals surface area contributed by atoms with Gasteiger partial charge in [-0.2, -0.15) is 0 Å². The van der Waals surface area contributed by atoms with Crippen LogP contribution in [0, 0.1) is 0 Å². The summed E-state index contributed by atoms with van der Waals surface area (Å²) in [5, 5.41) is 33.2. The molecule has 0 fully saturated rings. The first kappa shape index (κ1) is 37.8. The quantitative estimate of drug-likeness (QED) is 0.323. The summed E-state index contributed by atoms with van der Waals surface area (Å²) in [6.45, 7) is 0. The summed E-state index contributed by atoms with van der Waals surface area (Å²) >= 11 is 0. The number of aliphatic carboxylic acids is 2. The van der Waals surface area contributed by atoms with Crippen LogP contribution in [0.15, 0.2) is 0 Å². The Bertz CT molecular complexity index is 142. The van der Waals surface area contributed by atoms with Crippen molar-refractivity contribution in [3.05, 3.63) is 0 Å². The van der Waals surface area contributed by atoms with Crippen molar-refractivity contribution in [1.29, 1.82) is 0 Å². The van der Waals surface area contributed by atoms with Gasteiger partial charge in [-0.05, 0) is 0 Å². The van der Waals surface area contributed by atoms with Crippen LogP contribution in [0.1, 0.15) is 0 Å². The molecule has 0 rings (SSSR count). The van der Waals surface area contributed by atoms with Crippen LogP contribution in [0.5, 0.6) is 0 Å². The molecule has 0 amide bonds. The summed E-state index contributed by atoms with van der Waals surface area (Å²) in [6.07, 6.45) is -2.08. The van der Waals surface area contributed by atoms with Gasteiger partial charge in [-0.15, -0.1) is 0 Å². The smallest absolute Gasteiger partial charge is 0.565 e. The number of carboxylic acid groups (broad SMARTS) is 4. The summed E-state index contributed by atoms with van der Waals surface area (Å²) in [6, 6.07) is 0. The van der Waals surface area contributed by atoms with Gasteiger partial charge >= 0.3 is 35.9 Å². The Morgan fingerprint density at radius 1 is 0.857 bits per heavy atom. The summed E-state index contributed by atoms with van der Waals surface area (Å²) in [5.41, 5.74) is 0. The van der Waals surface area contributed by atoms with E-state index >= 15 is 0 Å². The molecule has 0 aromatic carbocycles. The van der Waals surface area contributed by atoms with Gasteiger partial charge in [-0.25, -0.2) is 0 Å². The third-order valence-electron chi connectivity index (χ3n) is 0.167. The normalized spacial score (nSPS) is 4.86. The number of hydrogen-bond donors (Lipinski definition) is 1. The fourth-order valence-electron chi connectivity index (χ4n) is 0. The molecule has 0 heterocycles. The second-order valence-electron chi connectivity index (χ2n) is 0.841. The maximum Gasteiger partial charge on any atom is 2.00 e. The van der Waals surface area contributed by atoms with Crippen molar-refractivity contribution in [2.75, 3.05) is 0 Å². The Hall–Kier alpha value is -0.753. The number of hydrogen-bond acceptors (Lipinski definition) is 6. The Morgan fingerprint density at radius 3 is 0.929 bits per heavy atom. The van der Waals surface area contributed by atoms with Crippen LogP contribution in [0.25, 0.3) is 0 Å². The van der Waals surface area contributed by atoms with Crippen LogP contribution in [0.3, 0.4) is 0 Å². The molecule has 9 nitrogen and oxygen atoms in total. The van der Waals surface area contributed by atoms with Crippen molar-refractivity contribution < 1.29 is 81.7 Å². The zero-order valence-electron chi connectivity index (χ0n) is 6.75. The minimum absolute atomic E-state index is 0. The van der Waals surface area contributed by atoms with Crippen LogP contribution >= 0.6 is 0 Å². The van der Waals surface area contributed by atoms with Gasteiger partial charge in [0.1, 0.15) is 0 Å². The van der Waals surface area contributed by atoms with E-state index in [9.17, 15) is 0 Å². The van der Waals surface area contributed by atoms with E-state index in [4.69, 9.17) is 34.8 Å². The van der Waals surface area contributed by atoms with Gasteiger partial charge in [0.05, 0.1) is 11.9 Å². The number of carbonyl (C=O) groups is 3. The average Bonchev–Trinajstić information content (AvgIpc) is 1.63. The fourth-order valence-corrected chi connectivity index (χ4v) is 0. The van der Waals surface area contributed by atoms with Crippen molar-refractivity contribution in [1.82, 2.24) is 0 Å². The largest absolute Gasteiger partial charge is 2.00 e. The third kappa shape index (κ3) is 112. The first-order valence-electron chi connectivity index (χ1n) is 1.70. The van der Waals surface area contributed by atoms with Crippen LogP contribution in [-0.2, 0) is 26.7 Å². The molecule has 0 radical (unpaired) electrons. The van der Waals surface area contributed by atoms with Gasteiger partial charge in [0, 0.05) is 0 Å². The predicted octanol–water partition coefficient (Wildman–Crippen LogP) is -9.27. The average molecular weight is 248 g/mol. The third-order valence-corrected chi connectivity index (χ3v) is 0.167. The van der Waals surface area contributed by atoms with Gasteiger partial charge in [0.15, 0.2) is 0 Å². The van der Waals surface area contributed by atoms with Gasteiger partial charge < -0.3 is 45.8 Å². The van der Waals surface area contributed by atoms with E-state index in [2.05, 4.69) is 0 Å². The molecule has 0 aliphatic carbocycles. The van der Waals surface area contributed by atoms with Crippen molar-refractivity contribution in [3.63, 3.8) is 0 Å². The molecular formula is C3H5FeLiO9. The molecule has 0 unspecified atom stereocenters.